The number of benzene rings is 1. The molecule has 0 radical (unpaired) electrons. The van der Waals surface area contributed by atoms with E-state index >= 15 is 0 Å². The zero-order valence-corrected chi connectivity index (χ0v) is 11.5. The molecule has 1 aromatic carbocycles. The molecule has 0 bridgehead atoms. The van der Waals surface area contributed by atoms with Crippen molar-refractivity contribution >= 4 is 49.0 Å². The number of anilines is 1. The van der Waals surface area contributed by atoms with Gasteiger partial charge in [-0.05, 0) is 28.1 Å². The number of hydrogen-bond acceptors (Lipinski definition) is 3. The molecule has 1 N–H and O–H groups in total. The summed E-state index contributed by atoms with van der Waals surface area (Å²) in [4.78, 5) is 11.3. The zero-order valence-electron chi connectivity index (χ0n) is 8.33. The predicted molar refractivity (Wildman–Crippen MR) is 67.5 cm³/mol. The molecule has 1 amide bonds. The molecule has 0 unspecified atom stereocenters. The molecule has 16 heavy (non-hydrogen) atoms. The van der Waals surface area contributed by atoms with Crippen molar-refractivity contribution in [2.75, 3.05) is 17.3 Å². The maximum Gasteiger partial charge on any atom is 0.239 e. The van der Waals surface area contributed by atoms with E-state index < -0.39 is 21.5 Å². The lowest BCUT2D eigenvalue weighted by Crippen LogP contribution is -2.22. The van der Waals surface area contributed by atoms with Gasteiger partial charge in [0.25, 0.3) is 0 Å². The third-order valence-electron chi connectivity index (χ3n) is 1.62. The Morgan fingerprint density at radius 3 is 2.69 bits per heavy atom. The van der Waals surface area contributed by atoms with Crippen LogP contribution in [-0.2, 0) is 14.6 Å². The summed E-state index contributed by atoms with van der Waals surface area (Å²) in [6, 6.07) is 4.93. The SMILES string of the molecule is CS(=O)(=O)CC(=O)Nc1cccc(Cl)c1Br. The number of carbonyl (C=O) groups excluding carboxylic acids is 1. The minimum Gasteiger partial charge on any atom is -0.324 e. The highest BCUT2D eigenvalue weighted by molar-refractivity contribution is 9.10. The van der Waals surface area contributed by atoms with Crippen molar-refractivity contribution in [3.8, 4) is 0 Å². The van der Waals surface area contributed by atoms with Gasteiger partial charge in [-0.15, -0.1) is 0 Å². The number of rotatable bonds is 3. The number of halogens is 2. The normalized spacial score (nSPS) is 11.2. The zero-order chi connectivity index (χ0) is 12.3. The van der Waals surface area contributed by atoms with Gasteiger partial charge in [0.2, 0.25) is 5.91 Å². The maximum atomic E-state index is 11.3. The second-order valence-corrected chi connectivity index (χ2v) is 6.56. The van der Waals surface area contributed by atoms with E-state index in [1.807, 2.05) is 0 Å². The molecule has 0 fully saturated rings. The summed E-state index contributed by atoms with van der Waals surface area (Å²) in [5.41, 5.74) is 0.446. The van der Waals surface area contributed by atoms with Crippen LogP contribution in [0.4, 0.5) is 5.69 Å². The molecular formula is C9H9BrClNO3S. The fraction of sp³-hybridized carbons (Fsp3) is 0.222. The molecule has 0 saturated carbocycles. The Labute approximate surface area is 107 Å². The first-order valence-electron chi connectivity index (χ1n) is 4.21. The molecule has 0 saturated heterocycles. The molecule has 0 heterocycles. The van der Waals surface area contributed by atoms with E-state index in [9.17, 15) is 13.2 Å². The van der Waals surface area contributed by atoms with Crippen LogP contribution in [0.25, 0.3) is 0 Å². The van der Waals surface area contributed by atoms with Crippen molar-refractivity contribution in [2.24, 2.45) is 0 Å². The second kappa shape index (κ2) is 5.16. The van der Waals surface area contributed by atoms with Crippen molar-refractivity contribution < 1.29 is 13.2 Å². The van der Waals surface area contributed by atoms with Gasteiger partial charge in [-0.2, -0.15) is 0 Å². The minimum atomic E-state index is -3.33. The van der Waals surface area contributed by atoms with Gasteiger partial charge < -0.3 is 5.32 Å². The fourth-order valence-corrected chi connectivity index (χ4v) is 2.11. The Morgan fingerprint density at radius 2 is 2.12 bits per heavy atom. The Bertz CT molecular complexity index is 515. The van der Waals surface area contributed by atoms with Gasteiger partial charge in [-0.1, -0.05) is 17.7 Å². The number of nitrogens with one attached hydrogen (secondary N) is 1. The summed E-state index contributed by atoms with van der Waals surface area (Å²) in [7, 11) is -3.33. The quantitative estimate of drug-likeness (QED) is 0.925. The number of hydrogen-bond donors (Lipinski definition) is 1. The molecule has 1 aromatic rings. The Kier molecular flexibility index (Phi) is 4.35. The monoisotopic (exact) mass is 325 g/mol. The highest BCUT2D eigenvalue weighted by atomic mass is 79.9. The van der Waals surface area contributed by atoms with Crippen LogP contribution >= 0.6 is 27.5 Å². The van der Waals surface area contributed by atoms with Crippen LogP contribution < -0.4 is 5.32 Å². The lowest BCUT2D eigenvalue weighted by molar-refractivity contribution is -0.113. The third kappa shape index (κ3) is 4.11. The van der Waals surface area contributed by atoms with Crippen LogP contribution in [0.15, 0.2) is 22.7 Å². The van der Waals surface area contributed by atoms with Crippen LogP contribution in [0.5, 0.6) is 0 Å². The Morgan fingerprint density at radius 1 is 1.50 bits per heavy atom. The van der Waals surface area contributed by atoms with Crippen LogP contribution in [0, 0.1) is 0 Å². The highest BCUT2D eigenvalue weighted by Gasteiger charge is 2.12. The summed E-state index contributed by atoms with van der Waals surface area (Å²) >= 11 is 9.01. The van der Waals surface area contributed by atoms with E-state index in [2.05, 4.69) is 21.2 Å². The second-order valence-electron chi connectivity index (χ2n) is 3.22. The van der Waals surface area contributed by atoms with E-state index in [1.54, 1.807) is 18.2 Å². The molecule has 0 atom stereocenters. The van der Waals surface area contributed by atoms with Gasteiger partial charge in [0.05, 0.1) is 15.2 Å². The maximum absolute atomic E-state index is 11.3. The third-order valence-corrected chi connectivity index (χ3v) is 3.80. The van der Waals surface area contributed by atoms with Gasteiger partial charge >= 0.3 is 0 Å². The van der Waals surface area contributed by atoms with Crippen molar-refractivity contribution in [2.45, 2.75) is 0 Å². The average Bonchev–Trinajstić information content (AvgIpc) is 2.09. The Hall–Kier alpha value is -0.590. The molecule has 0 aliphatic carbocycles. The van der Waals surface area contributed by atoms with Gasteiger partial charge in [-0.3, -0.25) is 4.79 Å². The lowest BCUT2D eigenvalue weighted by Gasteiger charge is -2.07. The van der Waals surface area contributed by atoms with Crippen LogP contribution in [-0.4, -0.2) is 26.3 Å². The van der Waals surface area contributed by atoms with Crippen LogP contribution in [0.2, 0.25) is 5.02 Å². The summed E-state index contributed by atoms with van der Waals surface area (Å²) < 4.78 is 22.3. The van der Waals surface area contributed by atoms with Gasteiger partial charge in [-0.25, -0.2) is 8.42 Å². The first-order chi connectivity index (χ1) is 7.29. The summed E-state index contributed by atoms with van der Waals surface area (Å²) in [5.74, 6) is -1.14. The number of carbonyl (C=O) groups is 1. The van der Waals surface area contributed by atoms with Gasteiger partial charge in [0.1, 0.15) is 5.75 Å². The summed E-state index contributed by atoms with van der Waals surface area (Å²) in [6.45, 7) is 0. The molecule has 4 nitrogen and oxygen atoms in total. The van der Waals surface area contributed by atoms with E-state index in [0.717, 1.165) is 6.26 Å². The Balaban J connectivity index is 2.82. The van der Waals surface area contributed by atoms with Crippen LogP contribution in [0.1, 0.15) is 0 Å². The first-order valence-corrected chi connectivity index (χ1v) is 7.44. The first kappa shape index (κ1) is 13.5. The van der Waals surface area contributed by atoms with Crippen molar-refractivity contribution in [1.82, 2.24) is 0 Å². The smallest absolute Gasteiger partial charge is 0.239 e. The van der Waals surface area contributed by atoms with Gasteiger partial charge in [0.15, 0.2) is 9.84 Å². The number of sulfone groups is 1. The lowest BCUT2D eigenvalue weighted by atomic mass is 10.3. The fourth-order valence-electron chi connectivity index (χ4n) is 1.02. The van der Waals surface area contributed by atoms with Crippen molar-refractivity contribution in [1.29, 1.82) is 0 Å². The molecule has 1 rings (SSSR count). The molecule has 0 aromatic heterocycles. The van der Waals surface area contributed by atoms with Crippen molar-refractivity contribution in [3.63, 3.8) is 0 Å². The standard InChI is InChI=1S/C9H9BrClNO3S/c1-16(14,15)5-8(13)12-7-4-2-3-6(11)9(7)10/h2-4H,5H2,1H3,(H,12,13). The molecular weight excluding hydrogens is 318 g/mol. The van der Waals surface area contributed by atoms with E-state index in [4.69, 9.17) is 11.6 Å². The molecule has 88 valence electrons. The molecule has 0 spiro atoms. The van der Waals surface area contributed by atoms with E-state index in [0.29, 0.717) is 15.2 Å². The number of amides is 1. The van der Waals surface area contributed by atoms with E-state index in [1.165, 1.54) is 0 Å². The topological polar surface area (TPSA) is 63.2 Å². The predicted octanol–water partition coefficient (Wildman–Crippen LogP) is 2.09. The van der Waals surface area contributed by atoms with Crippen LogP contribution in [0.3, 0.4) is 0 Å². The van der Waals surface area contributed by atoms with E-state index in [-0.39, 0.29) is 0 Å². The largest absolute Gasteiger partial charge is 0.324 e. The average molecular weight is 327 g/mol. The summed E-state index contributed by atoms with van der Waals surface area (Å²) in [6.07, 6.45) is 1.000. The van der Waals surface area contributed by atoms with Crippen molar-refractivity contribution in [3.05, 3.63) is 27.7 Å². The summed E-state index contributed by atoms with van der Waals surface area (Å²) in [5, 5.41) is 2.90. The minimum absolute atomic E-state index is 0.442. The molecule has 0 aliphatic heterocycles. The molecule has 0 aliphatic rings. The van der Waals surface area contributed by atoms with Gasteiger partial charge in [0, 0.05) is 6.26 Å². The molecule has 7 heteroatoms. The highest BCUT2D eigenvalue weighted by Crippen LogP contribution is 2.29.